The van der Waals surface area contributed by atoms with Gasteiger partial charge in [-0.15, -0.1) is 0 Å². The van der Waals surface area contributed by atoms with Crippen molar-refractivity contribution >= 4 is 39.7 Å². The Kier molecular flexibility index (Phi) is 5.35. The van der Waals surface area contributed by atoms with E-state index in [9.17, 15) is 14.9 Å². The number of carbonyl (C=O) groups is 1. The molecule has 0 saturated heterocycles. The van der Waals surface area contributed by atoms with Gasteiger partial charge in [0, 0.05) is 29.9 Å². The molecule has 0 aliphatic rings. The minimum absolute atomic E-state index is 0.0320. The first-order valence-electron chi connectivity index (χ1n) is 9.17. The summed E-state index contributed by atoms with van der Waals surface area (Å²) in [5.41, 5.74) is 1.28. The third-order valence-corrected chi connectivity index (χ3v) is 4.24. The maximum atomic E-state index is 11.8. The van der Waals surface area contributed by atoms with E-state index in [0.29, 0.717) is 22.6 Å². The summed E-state index contributed by atoms with van der Waals surface area (Å²) < 4.78 is 5.78. The van der Waals surface area contributed by atoms with E-state index in [4.69, 9.17) is 4.74 Å². The van der Waals surface area contributed by atoms with Gasteiger partial charge in [-0.3, -0.25) is 19.9 Å². The van der Waals surface area contributed by atoms with Crippen molar-refractivity contribution in [2.24, 2.45) is 0 Å². The molecule has 2 aromatic heterocycles. The molecule has 0 aliphatic heterocycles. The predicted octanol–water partition coefficient (Wildman–Crippen LogP) is 4.43. The van der Waals surface area contributed by atoms with Crippen molar-refractivity contribution in [3.63, 3.8) is 0 Å². The van der Waals surface area contributed by atoms with Crippen LogP contribution in [0.5, 0.6) is 11.6 Å². The van der Waals surface area contributed by atoms with E-state index in [0.717, 1.165) is 5.39 Å². The SMILES string of the molecule is CC(=O)Nc1ccc(Nc2ncnc(Oc3cccc4cccnc34)c2[N+](=O)[O-])cc1. The summed E-state index contributed by atoms with van der Waals surface area (Å²) in [6.45, 7) is 1.41. The first-order chi connectivity index (χ1) is 15.0. The molecule has 0 atom stereocenters. The number of nitrogens with zero attached hydrogens (tertiary/aromatic N) is 4. The number of carbonyl (C=O) groups excluding carboxylic acids is 1. The molecule has 10 heteroatoms. The highest BCUT2D eigenvalue weighted by Gasteiger charge is 2.26. The molecule has 154 valence electrons. The number of nitro groups is 1. The van der Waals surface area contributed by atoms with Crippen molar-refractivity contribution in [2.45, 2.75) is 6.92 Å². The Bertz CT molecular complexity index is 1270. The Hall–Kier alpha value is -4.60. The maximum absolute atomic E-state index is 11.8. The number of aromatic nitrogens is 3. The quantitative estimate of drug-likeness (QED) is 0.348. The second kappa shape index (κ2) is 8.41. The summed E-state index contributed by atoms with van der Waals surface area (Å²) in [5.74, 6) is -0.103. The lowest BCUT2D eigenvalue weighted by Gasteiger charge is -2.11. The van der Waals surface area contributed by atoms with Crippen LogP contribution in [0.15, 0.2) is 67.1 Å². The van der Waals surface area contributed by atoms with Crippen molar-refractivity contribution in [1.29, 1.82) is 0 Å². The first-order valence-corrected chi connectivity index (χ1v) is 9.17. The Balaban J connectivity index is 1.67. The molecule has 1 amide bonds. The summed E-state index contributed by atoms with van der Waals surface area (Å²) in [7, 11) is 0. The normalized spacial score (nSPS) is 10.5. The minimum Gasteiger partial charge on any atom is -0.431 e. The molecule has 0 spiro atoms. The number of benzene rings is 2. The van der Waals surface area contributed by atoms with Crippen LogP contribution in [-0.4, -0.2) is 25.8 Å². The number of fused-ring (bicyclic) bond motifs is 1. The number of pyridine rings is 1. The number of para-hydroxylation sites is 1. The lowest BCUT2D eigenvalue weighted by atomic mass is 10.2. The number of hydrogen-bond donors (Lipinski definition) is 2. The van der Waals surface area contributed by atoms with Gasteiger partial charge in [-0.05, 0) is 36.4 Å². The molecule has 2 N–H and O–H groups in total. The summed E-state index contributed by atoms with van der Waals surface area (Å²) in [6.07, 6.45) is 2.79. The van der Waals surface area contributed by atoms with Crippen LogP contribution in [0.3, 0.4) is 0 Å². The summed E-state index contributed by atoms with van der Waals surface area (Å²) in [4.78, 5) is 34.6. The lowest BCUT2D eigenvalue weighted by Crippen LogP contribution is -2.06. The minimum atomic E-state index is -0.609. The average Bonchev–Trinajstić information content (AvgIpc) is 2.75. The molecule has 0 unspecified atom stereocenters. The Labute approximate surface area is 176 Å². The van der Waals surface area contributed by atoms with Gasteiger partial charge >= 0.3 is 11.6 Å². The molecule has 2 heterocycles. The fraction of sp³-hybridized carbons (Fsp3) is 0.0476. The average molecular weight is 416 g/mol. The van der Waals surface area contributed by atoms with E-state index in [1.54, 1.807) is 48.7 Å². The number of anilines is 3. The van der Waals surface area contributed by atoms with Crippen LogP contribution in [0.25, 0.3) is 10.9 Å². The van der Waals surface area contributed by atoms with E-state index in [1.807, 2.05) is 12.1 Å². The molecule has 0 aliphatic carbocycles. The summed E-state index contributed by atoms with van der Waals surface area (Å²) in [6, 6.07) is 15.6. The smallest absolute Gasteiger partial charge is 0.373 e. The zero-order valence-electron chi connectivity index (χ0n) is 16.3. The second-order valence-electron chi connectivity index (χ2n) is 6.45. The van der Waals surface area contributed by atoms with Crippen LogP contribution in [0, 0.1) is 10.1 Å². The maximum Gasteiger partial charge on any atom is 0.373 e. The number of ether oxygens (including phenoxy) is 1. The first kappa shape index (κ1) is 19.7. The monoisotopic (exact) mass is 416 g/mol. The Morgan fingerprint density at radius 3 is 2.48 bits per heavy atom. The van der Waals surface area contributed by atoms with Crippen molar-refractivity contribution in [1.82, 2.24) is 15.0 Å². The molecule has 2 aromatic carbocycles. The van der Waals surface area contributed by atoms with Gasteiger partial charge in [0.1, 0.15) is 11.8 Å². The molecule has 0 radical (unpaired) electrons. The van der Waals surface area contributed by atoms with Gasteiger partial charge in [0.05, 0.1) is 4.92 Å². The van der Waals surface area contributed by atoms with Crippen LogP contribution in [0.4, 0.5) is 22.9 Å². The van der Waals surface area contributed by atoms with Crippen LogP contribution >= 0.6 is 0 Å². The molecular formula is C21H16N6O4. The van der Waals surface area contributed by atoms with Crippen molar-refractivity contribution in [2.75, 3.05) is 10.6 Å². The van der Waals surface area contributed by atoms with Gasteiger partial charge in [0.25, 0.3) is 0 Å². The third kappa shape index (κ3) is 4.37. The zero-order valence-corrected chi connectivity index (χ0v) is 16.3. The molecule has 10 nitrogen and oxygen atoms in total. The summed E-state index contributed by atoms with van der Waals surface area (Å²) in [5, 5.41) is 18.2. The zero-order chi connectivity index (χ0) is 21.8. The second-order valence-corrected chi connectivity index (χ2v) is 6.45. The predicted molar refractivity (Wildman–Crippen MR) is 115 cm³/mol. The third-order valence-electron chi connectivity index (χ3n) is 4.24. The van der Waals surface area contributed by atoms with Gasteiger partial charge < -0.3 is 15.4 Å². The molecule has 0 bridgehead atoms. The number of amides is 1. The van der Waals surface area contributed by atoms with E-state index in [1.165, 1.54) is 13.3 Å². The van der Waals surface area contributed by atoms with Gasteiger partial charge in [-0.25, -0.2) is 4.98 Å². The molecule has 31 heavy (non-hydrogen) atoms. The molecule has 4 aromatic rings. The van der Waals surface area contributed by atoms with Gasteiger partial charge in [0.2, 0.25) is 11.7 Å². The molecule has 0 fully saturated rings. The van der Waals surface area contributed by atoms with E-state index in [2.05, 4.69) is 25.6 Å². The van der Waals surface area contributed by atoms with Crippen LogP contribution < -0.4 is 15.4 Å². The Morgan fingerprint density at radius 1 is 1.00 bits per heavy atom. The Morgan fingerprint density at radius 2 is 1.74 bits per heavy atom. The fourth-order valence-electron chi connectivity index (χ4n) is 2.93. The number of rotatable bonds is 6. The van der Waals surface area contributed by atoms with Gasteiger partial charge in [-0.2, -0.15) is 4.98 Å². The molecular weight excluding hydrogens is 400 g/mol. The van der Waals surface area contributed by atoms with Crippen molar-refractivity contribution in [3.8, 4) is 11.6 Å². The fourth-order valence-corrected chi connectivity index (χ4v) is 2.93. The van der Waals surface area contributed by atoms with E-state index >= 15 is 0 Å². The van der Waals surface area contributed by atoms with Crippen molar-refractivity contribution in [3.05, 3.63) is 77.2 Å². The highest BCUT2D eigenvalue weighted by Crippen LogP contribution is 2.37. The van der Waals surface area contributed by atoms with E-state index in [-0.39, 0.29) is 17.6 Å². The number of nitrogens with one attached hydrogen (secondary N) is 2. The van der Waals surface area contributed by atoms with Crippen LogP contribution in [0.2, 0.25) is 0 Å². The van der Waals surface area contributed by atoms with Crippen LogP contribution in [-0.2, 0) is 4.79 Å². The highest BCUT2D eigenvalue weighted by molar-refractivity contribution is 5.89. The number of hydrogen-bond acceptors (Lipinski definition) is 8. The molecule has 4 rings (SSSR count). The topological polar surface area (TPSA) is 132 Å². The van der Waals surface area contributed by atoms with Gasteiger partial charge in [0.15, 0.2) is 5.75 Å². The largest absolute Gasteiger partial charge is 0.431 e. The lowest BCUT2D eigenvalue weighted by molar-refractivity contribution is -0.385. The van der Waals surface area contributed by atoms with Crippen LogP contribution in [0.1, 0.15) is 6.92 Å². The van der Waals surface area contributed by atoms with E-state index < -0.39 is 10.6 Å². The van der Waals surface area contributed by atoms with Crippen molar-refractivity contribution < 1.29 is 14.5 Å². The highest BCUT2D eigenvalue weighted by atomic mass is 16.6. The summed E-state index contributed by atoms with van der Waals surface area (Å²) >= 11 is 0. The van der Waals surface area contributed by atoms with Gasteiger partial charge in [-0.1, -0.05) is 18.2 Å². The molecule has 0 saturated carbocycles. The standard InChI is InChI=1S/C21H16N6O4/c1-13(28)25-15-7-9-16(10-8-15)26-20-19(27(29)30)21(24-12-23-20)31-17-6-2-4-14-5-3-11-22-18(14)17/h2-12H,1H3,(H,25,28)(H,23,24,26).